The summed E-state index contributed by atoms with van der Waals surface area (Å²) >= 11 is 0. The average molecular weight is 548 g/mol. The van der Waals surface area contributed by atoms with Crippen LogP contribution in [0.4, 0.5) is 0 Å². The van der Waals surface area contributed by atoms with Crippen LogP contribution in [0.25, 0.3) is 0 Å². The van der Waals surface area contributed by atoms with Crippen molar-refractivity contribution in [1.29, 1.82) is 0 Å². The minimum atomic E-state index is -4.17. The van der Waals surface area contributed by atoms with Gasteiger partial charge in [-0.1, -0.05) is 0 Å². The van der Waals surface area contributed by atoms with E-state index in [2.05, 4.69) is 80.2 Å². The molecule has 2 N–H and O–H groups in total. The molecule has 12 aliphatic rings. The van der Waals surface area contributed by atoms with Crippen molar-refractivity contribution in [3.63, 3.8) is 0 Å². The van der Waals surface area contributed by atoms with Crippen LogP contribution in [0.1, 0.15) is 39.2 Å². The molecule has 1 aromatic carbocycles. The van der Waals surface area contributed by atoms with Gasteiger partial charge in [0.2, 0.25) is 0 Å². The molecular weight excluding hydrogens is 506 g/mol. The Kier molecular flexibility index (Phi) is 1.38. The van der Waals surface area contributed by atoms with Crippen LogP contribution in [0.5, 0.6) is 0 Å². The van der Waals surface area contributed by atoms with Crippen LogP contribution in [0.2, 0.25) is 41.8 Å². The number of nitrogens with one attached hydrogen (secondary N) is 2. The fraction of sp³-hybridized carbons (Fsp3) is 0.800. The van der Waals surface area contributed by atoms with Crippen molar-refractivity contribution in [2.45, 2.75) is 84.9 Å². The summed E-state index contributed by atoms with van der Waals surface area (Å²) in [5.74, 6) is 1.75. The van der Waals surface area contributed by atoms with Gasteiger partial charge in [0.1, 0.15) is 0 Å². The Morgan fingerprint density at radius 1 is 0.886 bits per heavy atom. The van der Waals surface area contributed by atoms with Gasteiger partial charge in [-0.15, -0.1) is 0 Å². The van der Waals surface area contributed by atoms with Crippen molar-refractivity contribution >= 4 is 18.5 Å². The zero-order chi connectivity index (χ0) is 23.4. The maximum absolute atomic E-state index is 4.17. The SMILES string of the molecule is CC(C)(C)[C]12[C]3(c4ccccc4)[CH]4[C]5(CP)[C]1(C(P)(C1CCNC1)C1CCNC1)[Fe]45321678[CH]2[CH]1[CH]6[CH]7[CH]28. The molecule has 5 heteroatoms. The number of hydrogen-bond acceptors (Lipinski definition) is 2. The summed E-state index contributed by atoms with van der Waals surface area (Å²) in [5.41, 5.74) is 2.32. The van der Waals surface area contributed by atoms with E-state index in [0.29, 0.717) is 19.2 Å². The van der Waals surface area contributed by atoms with Gasteiger partial charge in [0, 0.05) is 0 Å². The first-order chi connectivity index (χ1) is 16.6. The molecule has 0 aromatic heterocycles. The molecule has 35 heavy (non-hydrogen) atoms. The van der Waals surface area contributed by atoms with Gasteiger partial charge >= 0.3 is 206 Å². The van der Waals surface area contributed by atoms with Crippen LogP contribution in [0.3, 0.4) is 0 Å². The monoisotopic (exact) mass is 548 g/mol. The number of hydrogen-bond donors (Lipinski definition) is 2. The fourth-order valence-electron chi connectivity index (χ4n) is 26.5. The predicted octanol–water partition coefficient (Wildman–Crippen LogP) is 6.35. The number of fused-ring (bicyclic) bond motifs is 10. The summed E-state index contributed by atoms with van der Waals surface area (Å²) in [6, 6.07) is 12.5. The molecule has 0 saturated carbocycles. The number of rotatable bonds is 5. The third-order valence-electron chi connectivity index (χ3n) is 22.1. The van der Waals surface area contributed by atoms with E-state index in [1.54, 1.807) is 0 Å². The van der Waals surface area contributed by atoms with Gasteiger partial charge in [0.05, 0.1) is 0 Å². The van der Waals surface area contributed by atoms with Crippen molar-refractivity contribution in [2.75, 3.05) is 32.3 Å². The summed E-state index contributed by atoms with van der Waals surface area (Å²) in [6.45, 7) is 9.27. The summed E-state index contributed by atoms with van der Waals surface area (Å²) in [6.07, 6.45) is 4.34. The molecule has 2 nitrogen and oxygen atoms in total. The van der Waals surface area contributed by atoms with E-state index in [1.807, 2.05) is 5.56 Å². The first-order valence-corrected chi connectivity index (χ1v) is 22.2. The number of benzene rings is 1. The van der Waals surface area contributed by atoms with Crippen LogP contribution in [-0.4, -0.2) is 37.5 Å². The molecule has 9 unspecified atom stereocenters. The molecule has 13 rings (SSSR count). The van der Waals surface area contributed by atoms with E-state index in [1.165, 1.54) is 74.1 Å². The third kappa shape index (κ3) is 0.364. The summed E-state index contributed by atoms with van der Waals surface area (Å²) in [4.78, 5) is 7.55. The molecule has 12 heterocycles. The molecule has 0 aliphatic carbocycles. The molecule has 0 amide bonds. The Morgan fingerprint density at radius 2 is 1.43 bits per heavy atom. The zero-order valence-corrected chi connectivity index (χ0v) is 24.9. The van der Waals surface area contributed by atoms with Gasteiger partial charge < -0.3 is 0 Å². The van der Waals surface area contributed by atoms with Crippen molar-refractivity contribution in [3.8, 4) is 0 Å². The summed E-state index contributed by atoms with van der Waals surface area (Å²) in [7, 11) is 7.40. The van der Waals surface area contributed by atoms with Crippen molar-refractivity contribution in [3.05, 3.63) is 35.9 Å². The van der Waals surface area contributed by atoms with Crippen LogP contribution in [-0.2, 0) is 10.8 Å². The second-order valence-corrected chi connectivity index (χ2v) is 42.2. The molecular formula is C30H42FeN2P2. The topological polar surface area (TPSA) is 24.1 Å². The van der Waals surface area contributed by atoms with Crippen molar-refractivity contribution in [2.24, 2.45) is 17.3 Å². The molecule has 12 saturated heterocycles. The Labute approximate surface area is 205 Å². The Bertz CT molecular complexity index is 1700. The first-order valence-electron chi connectivity index (χ1n) is 14.8. The van der Waals surface area contributed by atoms with E-state index in [9.17, 15) is 0 Å². The molecule has 0 radical (unpaired) electrons. The second-order valence-electron chi connectivity index (χ2n) is 18.2. The fourth-order valence-corrected chi connectivity index (χ4v) is 119. The van der Waals surface area contributed by atoms with Crippen molar-refractivity contribution < 1.29 is 6.51 Å². The van der Waals surface area contributed by atoms with Gasteiger partial charge in [-0.3, -0.25) is 0 Å². The average Bonchev–Trinajstić information content (AvgIpc) is 3.67. The Hall–Kier alpha value is 0.519. The van der Waals surface area contributed by atoms with E-state index in [4.69, 9.17) is 0 Å². The quantitative estimate of drug-likeness (QED) is 0.331. The molecule has 1 aromatic rings. The van der Waals surface area contributed by atoms with Gasteiger partial charge in [-0.25, -0.2) is 0 Å². The van der Waals surface area contributed by atoms with E-state index >= 15 is 0 Å². The summed E-state index contributed by atoms with van der Waals surface area (Å²) < 4.78 is 2.92. The van der Waals surface area contributed by atoms with Gasteiger partial charge in [0.15, 0.2) is 0 Å². The van der Waals surface area contributed by atoms with E-state index in [-0.39, 0.29) is 0 Å². The minimum absolute atomic E-state index is 0.440. The van der Waals surface area contributed by atoms with E-state index < -0.39 is 6.51 Å². The standard InChI is InChI=1S/C25H37N2P2.C5H5.Fe/c1-24(2,3)23-21(17-7-5-4-6-8-17)13-18(16-28)22(23)25(29,19-9-11-26-14-19)20-10-12-27-15-20;1-2-4-5-3-1;/h4-8,13,19-20,26-27H,9-12,14-16,28-29H2,1-3H3;1-5H;. The second kappa shape index (κ2) is 2.58. The van der Waals surface area contributed by atoms with Gasteiger partial charge in [-0.05, 0) is 0 Å². The van der Waals surface area contributed by atoms with E-state index in [0.717, 1.165) is 20.5 Å². The molecule has 1 spiro atoms. The summed E-state index contributed by atoms with van der Waals surface area (Å²) in [5, 5.41) is 8.28. The van der Waals surface area contributed by atoms with Gasteiger partial charge in [0.25, 0.3) is 0 Å². The zero-order valence-electron chi connectivity index (χ0n) is 21.5. The third-order valence-corrected chi connectivity index (χ3v) is 69.7. The molecule has 12 aliphatic heterocycles. The Balaban J connectivity index is 1.28. The normalized spacial score (nSPS) is 81.5. The Morgan fingerprint density at radius 3 is 1.83 bits per heavy atom. The molecule has 0 bridgehead atoms. The van der Waals surface area contributed by atoms with Crippen molar-refractivity contribution in [1.82, 2.24) is 10.6 Å². The predicted molar refractivity (Wildman–Crippen MR) is 147 cm³/mol. The molecule has 12 fully saturated rings. The van der Waals surface area contributed by atoms with Crippen LogP contribution < -0.4 is 10.6 Å². The van der Waals surface area contributed by atoms with Crippen LogP contribution >= 0.6 is 18.5 Å². The molecule has 190 valence electrons. The first kappa shape index (κ1) is 18.7. The maximum atomic E-state index is 3.91. The molecule has 9 atom stereocenters. The van der Waals surface area contributed by atoms with Gasteiger partial charge in [-0.2, -0.15) is 0 Å². The van der Waals surface area contributed by atoms with Crippen LogP contribution in [0.15, 0.2) is 30.3 Å². The van der Waals surface area contributed by atoms with Crippen LogP contribution in [0, 0.1) is 17.3 Å².